The van der Waals surface area contributed by atoms with E-state index >= 15 is 0 Å². The monoisotopic (exact) mass is 404 g/mol. The molecule has 1 unspecified atom stereocenters. The fraction of sp³-hybridized carbons (Fsp3) is 0.750. The lowest BCUT2D eigenvalue weighted by Gasteiger charge is -2.37. The third-order valence-corrected chi connectivity index (χ3v) is 5.89. The van der Waals surface area contributed by atoms with Crippen molar-refractivity contribution in [3.05, 3.63) is 18.0 Å². The zero-order valence-electron chi connectivity index (χ0n) is 18.3. The van der Waals surface area contributed by atoms with Crippen molar-refractivity contribution in [2.24, 2.45) is 12.0 Å². The van der Waals surface area contributed by atoms with Gasteiger partial charge in [-0.1, -0.05) is 0 Å². The maximum atomic E-state index is 12.4. The highest BCUT2D eigenvalue weighted by atomic mass is 16.2. The number of nitrogens with one attached hydrogen (secondary N) is 1. The first kappa shape index (κ1) is 21.6. The van der Waals surface area contributed by atoms with Crippen molar-refractivity contribution in [2.45, 2.75) is 18.9 Å². The third kappa shape index (κ3) is 5.70. The van der Waals surface area contributed by atoms with Crippen LogP contribution in [0.3, 0.4) is 0 Å². The smallest absolute Gasteiger partial charge is 0.236 e. The Balaban J connectivity index is 1.47. The van der Waals surface area contributed by atoms with E-state index in [0.717, 1.165) is 64.6 Å². The molecular formula is C20H36N8O. The van der Waals surface area contributed by atoms with Crippen molar-refractivity contribution in [3.8, 4) is 0 Å². The van der Waals surface area contributed by atoms with Gasteiger partial charge in [0.15, 0.2) is 5.96 Å². The first-order chi connectivity index (χ1) is 14.0. The van der Waals surface area contributed by atoms with Crippen LogP contribution in [0, 0.1) is 0 Å². The highest BCUT2D eigenvalue weighted by molar-refractivity contribution is 5.80. The number of likely N-dealkylation sites (N-methyl/N-ethyl adjacent to an activating group) is 1. The Kier molecular flexibility index (Phi) is 7.49. The minimum Gasteiger partial charge on any atom is -0.354 e. The summed E-state index contributed by atoms with van der Waals surface area (Å²) in [4.78, 5) is 25.6. The molecule has 29 heavy (non-hydrogen) atoms. The number of rotatable bonds is 6. The van der Waals surface area contributed by atoms with E-state index in [-0.39, 0.29) is 11.9 Å². The number of amides is 1. The predicted octanol–water partition coefficient (Wildman–Crippen LogP) is -0.162. The molecule has 0 aliphatic carbocycles. The number of likely N-dealkylation sites (tertiary alicyclic amines) is 1. The molecule has 9 nitrogen and oxygen atoms in total. The Bertz CT molecular complexity index is 686. The van der Waals surface area contributed by atoms with Crippen molar-refractivity contribution in [1.82, 2.24) is 34.7 Å². The van der Waals surface area contributed by atoms with Crippen molar-refractivity contribution < 1.29 is 4.79 Å². The second-order valence-electron chi connectivity index (χ2n) is 8.21. The fourth-order valence-electron chi connectivity index (χ4n) is 4.11. The van der Waals surface area contributed by atoms with Gasteiger partial charge in [0.05, 0.1) is 18.8 Å². The molecule has 2 aliphatic rings. The number of hydrogen-bond acceptors (Lipinski definition) is 5. The molecule has 3 rings (SSSR count). The van der Waals surface area contributed by atoms with Gasteiger partial charge >= 0.3 is 0 Å². The molecule has 2 aliphatic heterocycles. The van der Waals surface area contributed by atoms with Gasteiger partial charge in [0, 0.05) is 71.7 Å². The number of hydrogen-bond donors (Lipinski definition) is 1. The van der Waals surface area contributed by atoms with Crippen LogP contribution in [0.25, 0.3) is 0 Å². The molecule has 2 saturated heterocycles. The van der Waals surface area contributed by atoms with Gasteiger partial charge in [-0.25, -0.2) is 0 Å². The van der Waals surface area contributed by atoms with Crippen LogP contribution in [0.5, 0.6) is 0 Å². The summed E-state index contributed by atoms with van der Waals surface area (Å²) in [6, 6.07) is 0.222. The Labute approximate surface area is 174 Å². The van der Waals surface area contributed by atoms with E-state index in [1.807, 2.05) is 29.9 Å². The van der Waals surface area contributed by atoms with Gasteiger partial charge in [0.25, 0.3) is 0 Å². The van der Waals surface area contributed by atoms with E-state index in [4.69, 9.17) is 0 Å². The molecule has 1 amide bonds. The second kappa shape index (κ2) is 10.1. The van der Waals surface area contributed by atoms with E-state index in [2.05, 4.69) is 50.4 Å². The maximum Gasteiger partial charge on any atom is 0.236 e. The molecule has 9 heteroatoms. The molecule has 0 radical (unpaired) electrons. The van der Waals surface area contributed by atoms with Crippen LogP contribution in [-0.4, -0.2) is 115 Å². The van der Waals surface area contributed by atoms with Gasteiger partial charge in [0.2, 0.25) is 5.91 Å². The number of aryl methyl sites for hydroxylation is 1. The molecule has 2 fully saturated rings. The SMILES string of the molecule is CN=C(NCC(c1cnn(C)c1)N(C)C)N1CCN(CC(=O)N2CCCC2)CC1. The lowest BCUT2D eigenvalue weighted by molar-refractivity contribution is -0.131. The molecule has 1 N–H and O–H groups in total. The molecule has 0 aromatic carbocycles. The summed E-state index contributed by atoms with van der Waals surface area (Å²) in [5.74, 6) is 1.20. The van der Waals surface area contributed by atoms with Gasteiger partial charge in [-0.2, -0.15) is 5.10 Å². The molecule has 0 saturated carbocycles. The van der Waals surface area contributed by atoms with Gasteiger partial charge in [-0.05, 0) is 26.9 Å². The normalized spacial score (nSPS) is 19.8. The van der Waals surface area contributed by atoms with Crippen molar-refractivity contribution in [1.29, 1.82) is 0 Å². The van der Waals surface area contributed by atoms with E-state index < -0.39 is 0 Å². The Morgan fingerprint density at radius 2 is 1.86 bits per heavy atom. The van der Waals surface area contributed by atoms with Crippen molar-refractivity contribution in [3.63, 3.8) is 0 Å². The zero-order valence-corrected chi connectivity index (χ0v) is 18.3. The summed E-state index contributed by atoms with van der Waals surface area (Å²) in [6.45, 7) is 6.71. The lowest BCUT2D eigenvalue weighted by atomic mass is 10.1. The van der Waals surface area contributed by atoms with E-state index in [1.165, 1.54) is 5.56 Å². The van der Waals surface area contributed by atoms with Crippen LogP contribution >= 0.6 is 0 Å². The van der Waals surface area contributed by atoms with Gasteiger partial charge in [0.1, 0.15) is 0 Å². The number of guanidine groups is 1. The molecule has 162 valence electrons. The Hall–Kier alpha value is -2.13. The molecule has 0 spiro atoms. The second-order valence-corrected chi connectivity index (χ2v) is 8.21. The average molecular weight is 405 g/mol. The molecule has 1 atom stereocenters. The number of nitrogens with zero attached hydrogens (tertiary/aromatic N) is 7. The summed E-state index contributed by atoms with van der Waals surface area (Å²) >= 11 is 0. The van der Waals surface area contributed by atoms with Gasteiger partial charge < -0.3 is 20.0 Å². The average Bonchev–Trinajstić information content (AvgIpc) is 3.38. The van der Waals surface area contributed by atoms with Gasteiger partial charge in [-0.15, -0.1) is 0 Å². The number of aliphatic imine (C=N–C) groups is 1. The number of carbonyl (C=O) groups is 1. The van der Waals surface area contributed by atoms with Crippen LogP contribution in [0.2, 0.25) is 0 Å². The van der Waals surface area contributed by atoms with Gasteiger partial charge in [-0.3, -0.25) is 19.4 Å². The molecule has 3 heterocycles. The zero-order chi connectivity index (χ0) is 20.8. The minimum absolute atomic E-state index is 0.222. The van der Waals surface area contributed by atoms with Crippen molar-refractivity contribution >= 4 is 11.9 Å². The predicted molar refractivity (Wildman–Crippen MR) is 115 cm³/mol. The molecule has 0 bridgehead atoms. The highest BCUT2D eigenvalue weighted by Gasteiger charge is 2.25. The standard InChI is InChI=1S/C20H36N8O/c1-21-20(22-14-18(24(2)3)17-13-23-25(4)15-17)28-11-9-26(10-12-28)16-19(29)27-7-5-6-8-27/h13,15,18H,5-12,14,16H2,1-4H3,(H,21,22). The first-order valence-electron chi connectivity index (χ1n) is 10.6. The number of piperazine rings is 1. The lowest BCUT2D eigenvalue weighted by Crippen LogP contribution is -2.54. The summed E-state index contributed by atoms with van der Waals surface area (Å²) < 4.78 is 1.84. The van der Waals surface area contributed by atoms with Crippen molar-refractivity contribution in [2.75, 3.05) is 73.5 Å². The largest absolute Gasteiger partial charge is 0.354 e. The molecule has 1 aromatic rings. The summed E-state index contributed by atoms with van der Waals surface area (Å²) in [5, 5.41) is 7.83. The summed E-state index contributed by atoms with van der Waals surface area (Å²) in [6.07, 6.45) is 6.28. The number of aromatic nitrogens is 2. The maximum absolute atomic E-state index is 12.4. The third-order valence-electron chi connectivity index (χ3n) is 5.89. The van der Waals surface area contributed by atoms with Crippen LogP contribution in [0.15, 0.2) is 17.4 Å². The Morgan fingerprint density at radius 3 is 2.41 bits per heavy atom. The highest BCUT2D eigenvalue weighted by Crippen LogP contribution is 2.16. The van der Waals surface area contributed by atoms with Crippen LogP contribution < -0.4 is 5.32 Å². The summed E-state index contributed by atoms with van der Waals surface area (Å²) in [5.41, 5.74) is 1.19. The van der Waals surface area contributed by atoms with Crippen LogP contribution in [-0.2, 0) is 11.8 Å². The van der Waals surface area contributed by atoms with Crippen LogP contribution in [0.4, 0.5) is 0 Å². The fourth-order valence-corrected chi connectivity index (χ4v) is 4.11. The topological polar surface area (TPSA) is 72.2 Å². The van der Waals surface area contributed by atoms with E-state index in [0.29, 0.717) is 6.54 Å². The van der Waals surface area contributed by atoms with E-state index in [9.17, 15) is 4.79 Å². The minimum atomic E-state index is 0.222. The van der Waals surface area contributed by atoms with E-state index in [1.54, 1.807) is 0 Å². The summed E-state index contributed by atoms with van der Waals surface area (Å²) in [7, 11) is 7.94. The first-order valence-corrected chi connectivity index (χ1v) is 10.6. The van der Waals surface area contributed by atoms with Crippen LogP contribution in [0.1, 0.15) is 24.4 Å². The quantitative estimate of drug-likeness (QED) is 0.525. The Morgan fingerprint density at radius 1 is 1.17 bits per heavy atom. The number of carbonyl (C=O) groups excluding carboxylic acids is 1. The molecule has 1 aromatic heterocycles. The molecular weight excluding hydrogens is 368 g/mol.